The maximum absolute atomic E-state index is 12.7. The summed E-state index contributed by atoms with van der Waals surface area (Å²) in [5.41, 5.74) is 0.947. The molecule has 0 spiro atoms. The zero-order valence-corrected chi connectivity index (χ0v) is 14.9. The summed E-state index contributed by atoms with van der Waals surface area (Å²) < 4.78 is 26.3. The Morgan fingerprint density at radius 2 is 1.91 bits per heavy atom. The molecule has 2 rings (SSSR count). The Bertz CT molecular complexity index is 660. The molecule has 1 amide bonds. The number of sulfonamides is 1. The van der Waals surface area contributed by atoms with Gasteiger partial charge in [0.05, 0.1) is 4.90 Å². The van der Waals surface area contributed by atoms with Crippen molar-refractivity contribution in [3.05, 3.63) is 29.8 Å². The van der Waals surface area contributed by atoms with E-state index in [1.54, 1.807) is 12.1 Å². The zero-order chi connectivity index (χ0) is 16.5. The normalized spacial score (nSPS) is 25.7. The van der Waals surface area contributed by atoms with Crippen molar-refractivity contribution in [2.24, 2.45) is 5.92 Å². The van der Waals surface area contributed by atoms with Gasteiger partial charge in [0.15, 0.2) is 0 Å². The van der Waals surface area contributed by atoms with Crippen molar-refractivity contribution in [3.63, 3.8) is 0 Å². The first-order chi connectivity index (χ1) is 10.3. The molecule has 1 aliphatic rings. The van der Waals surface area contributed by atoms with E-state index in [1.807, 2.05) is 13.8 Å². The molecule has 1 heterocycles. The molecule has 2 atom stereocenters. The van der Waals surface area contributed by atoms with Crippen LogP contribution < -0.4 is 0 Å². The first-order valence-electron chi connectivity index (χ1n) is 7.16. The number of hydrogen-bond acceptors (Lipinski definition) is 3. The zero-order valence-electron chi connectivity index (χ0n) is 12.6. The van der Waals surface area contributed by atoms with E-state index in [1.165, 1.54) is 12.1 Å². The van der Waals surface area contributed by atoms with Gasteiger partial charge in [-0.05, 0) is 25.5 Å². The highest BCUT2D eigenvalue weighted by molar-refractivity contribution is 7.89. The smallest absolute Gasteiger partial charge is 0.266 e. The van der Waals surface area contributed by atoms with Crippen LogP contribution in [0.1, 0.15) is 25.3 Å². The van der Waals surface area contributed by atoms with Crippen molar-refractivity contribution in [1.29, 1.82) is 0 Å². The van der Waals surface area contributed by atoms with Crippen molar-refractivity contribution >= 4 is 39.1 Å². The van der Waals surface area contributed by atoms with E-state index in [-0.39, 0.29) is 23.2 Å². The van der Waals surface area contributed by atoms with Crippen LogP contribution in [0.4, 0.5) is 0 Å². The van der Waals surface area contributed by atoms with Crippen LogP contribution in [0.25, 0.3) is 0 Å². The molecule has 0 saturated carbocycles. The molecule has 0 aliphatic carbocycles. The van der Waals surface area contributed by atoms with E-state index in [2.05, 4.69) is 0 Å². The lowest BCUT2D eigenvalue weighted by Gasteiger charge is -2.23. The molecule has 0 aromatic heterocycles. The second-order valence-corrected chi connectivity index (χ2v) is 8.46. The van der Waals surface area contributed by atoms with Crippen LogP contribution in [0, 0.1) is 12.8 Å². The third-order valence-corrected chi connectivity index (χ3v) is 6.82. The molecule has 1 aromatic carbocycles. The summed E-state index contributed by atoms with van der Waals surface area (Å²) in [7, 11) is -3.90. The minimum absolute atomic E-state index is 0.0298. The Morgan fingerprint density at radius 1 is 1.32 bits per heavy atom. The van der Waals surface area contributed by atoms with Crippen LogP contribution in [-0.2, 0) is 14.8 Å². The maximum atomic E-state index is 12.7. The highest BCUT2D eigenvalue weighted by atomic mass is 35.5. The van der Waals surface area contributed by atoms with E-state index in [4.69, 9.17) is 23.2 Å². The van der Waals surface area contributed by atoms with Gasteiger partial charge in [-0.25, -0.2) is 12.7 Å². The number of rotatable bonds is 5. The second-order valence-electron chi connectivity index (χ2n) is 5.62. The SMILES string of the molecule is CCC[C@]1(Cl)C(=O)N(S(=O)(=O)c2ccc(C)cc2)C[C@H]1CCl. The highest BCUT2D eigenvalue weighted by Gasteiger charge is 2.55. The Morgan fingerprint density at radius 3 is 2.41 bits per heavy atom. The standard InChI is InChI=1S/C15H19Cl2NO3S/c1-3-8-15(17)12(9-16)10-18(14(15)19)22(20,21)13-6-4-11(2)5-7-13/h4-7,12H,3,8-10H2,1-2H3/t12-,15-/m1/s1. The number of halogens is 2. The van der Waals surface area contributed by atoms with Crippen molar-refractivity contribution in [1.82, 2.24) is 4.31 Å². The summed E-state index contributed by atoms with van der Waals surface area (Å²) in [5, 5.41) is 0. The minimum Gasteiger partial charge on any atom is -0.272 e. The molecule has 122 valence electrons. The Labute approximate surface area is 141 Å². The molecule has 22 heavy (non-hydrogen) atoms. The topological polar surface area (TPSA) is 54.5 Å². The minimum atomic E-state index is -3.90. The molecule has 1 saturated heterocycles. The Hall–Kier alpha value is -0.780. The predicted molar refractivity (Wildman–Crippen MR) is 87.8 cm³/mol. The van der Waals surface area contributed by atoms with Gasteiger partial charge < -0.3 is 0 Å². The van der Waals surface area contributed by atoms with Gasteiger partial charge in [0.2, 0.25) is 0 Å². The van der Waals surface area contributed by atoms with E-state index < -0.39 is 20.8 Å². The summed E-state index contributed by atoms with van der Waals surface area (Å²) in [6, 6.07) is 6.41. The van der Waals surface area contributed by atoms with Crippen LogP contribution in [0.15, 0.2) is 29.2 Å². The number of nitrogens with zero attached hydrogens (tertiary/aromatic N) is 1. The Kier molecular flexibility index (Phi) is 5.09. The number of benzene rings is 1. The van der Waals surface area contributed by atoms with Gasteiger partial charge in [-0.1, -0.05) is 31.0 Å². The molecule has 4 nitrogen and oxygen atoms in total. The largest absolute Gasteiger partial charge is 0.272 e. The molecule has 0 N–H and O–H groups in total. The number of amides is 1. The fourth-order valence-electron chi connectivity index (χ4n) is 2.70. The number of aryl methyl sites for hydroxylation is 1. The average Bonchev–Trinajstić information content (AvgIpc) is 2.72. The first kappa shape index (κ1) is 17.6. The van der Waals surface area contributed by atoms with Gasteiger partial charge in [0.1, 0.15) is 4.87 Å². The van der Waals surface area contributed by atoms with E-state index in [0.29, 0.717) is 12.8 Å². The van der Waals surface area contributed by atoms with E-state index in [0.717, 1.165) is 9.87 Å². The number of carbonyl (C=O) groups is 1. The van der Waals surface area contributed by atoms with Crippen LogP contribution >= 0.6 is 23.2 Å². The number of alkyl halides is 2. The van der Waals surface area contributed by atoms with Gasteiger partial charge in [-0.15, -0.1) is 23.2 Å². The van der Waals surface area contributed by atoms with Crippen molar-refractivity contribution < 1.29 is 13.2 Å². The lowest BCUT2D eigenvalue weighted by molar-refractivity contribution is -0.126. The fourth-order valence-corrected chi connectivity index (χ4v) is 5.12. The van der Waals surface area contributed by atoms with E-state index >= 15 is 0 Å². The van der Waals surface area contributed by atoms with Crippen LogP contribution in [0.3, 0.4) is 0 Å². The quantitative estimate of drug-likeness (QED) is 0.755. The fraction of sp³-hybridized carbons (Fsp3) is 0.533. The lowest BCUT2D eigenvalue weighted by atomic mass is 9.92. The Balaban J connectivity index is 2.40. The monoisotopic (exact) mass is 363 g/mol. The molecule has 0 unspecified atom stereocenters. The second kappa shape index (κ2) is 6.38. The summed E-state index contributed by atoms with van der Waals surface area (Å²) in [6.45, 7) is 3.80. The highest BCUT2D eigenvalue weighted by Crippen LogP contribution is 2.41. The summed E-state index contributed by atoms with van der Waals surface area (Å²) in [5.74, 6) is -0.805. The van der Waals surface area contributed by atoms with Crippen molar-refractivity contribution in [3.8, 4) is 0 Å². The summed E-state index contributed by atoms with van der Waals surface area (Å²) in [4.78, 5) is 11.5. The molecule has 7 heteroatoms. The van der Waals surface area contributed by atoms with Crippen LogP contribution in [0.5, 0.6) is 0 Å². The third-order valence-electron chi connectivity index (χ3n) is 4.02. The van der Waals surface area contributed by atoms with Crippen LogP contribution in [-0.4, -0.2) is 35.9 Å². The average molecular weight is 364 g/mol. The third kappa shape index (κ3) is 2.86. The van der Waals surface area contributed by atoms with Crippen molar-refractivity contribution in [2.45, 2.75) is 36.5 Å². The molecule has 0 radical (unpaired) electrons. The molecular formula is C15H19Cl2NO3S. The number of hydrogen-bond donors (Lipinski definition) is 0. The van der Waals surface area contributed by atoms with Gasteiger partial charge >= 0.3 is 0 Å². The van der Waals surface area contributed by atoms with Gasteiger partial charge in [0, 0.05) is 18.3 Å². The molecule has 0 bridgehead atoms. The van der Waals surface area contributed by atoms with Gasteiger partial charge in [-0.2, -0.15) is 0 Å². The lowest BCUT2D eigenvalue weighted by Crippen LogP contribution is -2.40. The molecule has 1 aromatic rings. The first-order valence-corrected chi connectivity index (χ1v) is 9.51. The summed E-state index contributed by atoms with van der Waals surface area (Å²) >= 11 is 12.4. The van der Waals surface area contributed by atoms with Gasteiger partial charge in [0.25, 0.3) is 15.9 Å². The van der Waals surface area contributed by atoms with E-state index in [9.17, 15) is 13.2 Å². The maximum Gasteiger partial charge on any atom is 0.266 e. The molecule has 1 aliphatic heterocycles. The summed E-state index contributed by atoms with van der Waals surface area (Å²) in [6.07, 6.45) is 1.09. The number of carbonyl (C=O) groups excluding carboxylic acids is 1. The molecular weight excluding hydrogens is 345 g/mol. The predicted octanol–water partition coefficient (Wildman–Crippen LogP) is 3.16. The molecule has 1 fully saturated rings. The van der Waals surface area contributed by atoms with Crippen molar-refractivity contribution in [2.75, 3.05) is 12.4 Å². The van der Waals surface area contributed by atoms with Crippen LogP contribution in [0.2, 0.25) is 0 Å². The van der Waals surface area contributed by atoms with Gasteiger partial charge in [-0.3, -0.25) is 4.79 Å².